The molecule has 0 amide bonds. The van der Waals surface area contributed by atoms with Gasteiger partial charge in [0.15, 0.2) is 0 Å². The van der Waals surface area contributed by atoms with Gasteiger partial charge in [-0.25, -0.2) is 8.42 Å². The molecule has 0 aliphatic carbocycles. The predicted molar refractivity (Wildman–Crippen MR) is 136 cm³/mol. The Labute approximate surface area is 208 Å². The number of nitrogens with zero attached hydrogens (tertiary/aromatic N) is 2. The van der Waals surface area contributed by atoms with Crippen LogP contribution in [0.25, 0.3) is 0 Å². The van der Waals surface area contributed by atoms with Crippen molar-refractivity contribution in [3.05, 3.63) is 90.0 Å². The van der Waals surface area contributed by atoms with E-state index in [0.29, 0.717) is 29.8 Å². The molecule has 7 heteroatoms. The zero-order chi connectivity index (χ0) is 24.4. The van der Waals surface area contributed by atoms with Crippen molar-refractivity contribution in [1.29, 1.82) is 0 Å². The Kier molecular flexibility index (Phi) is 6.82. The fourth-order valence-electron chi connectivity index (χ4n) is 5.60. The van der Waals surface area contributed by atoms with Crippen LogP contribution < -0.4 is 9.47 Å². The van der Waals surface area contributed by atoms with Gasteiger partial charge in [0.1, 0.15) is 11.5 Å². The van der Waals surface area contributed by atoms with E-state index in [-0.39, 0.29) is 12.1 Å². The van der Waals surface area contributed by atoms with Crippen molar-refractivity contribution in [2.45, 2.75) is 42.3 Å². The van der Waals surface area contributed by atoms with Gasteiger partial charge in [-0.2, -0.15) is 4.31 Å². The molecule has 0 saturated carbocycles. The Morgan fingerprint density at radius 1 is 0.771 bits per heavy atom. The SMILES string of the molecule is COc1ccc(S(=O)(=O)N2CC[C@H]3CC[C@@H](C2)N3[C@@H](c2ccccc2)c2cccc(OC)c2)cc1. The fourth-order valence-corrected chi connectivity index (χ4v) is 7.09. The molecule has 2 fully saturated rings. The summed E-state index contributed by atoms with van der Waals surface area (Å²) < 4.78 is 39.6. The van der Waals surface area contributed by atoms with Crippen LogP contribution in [-0.2, 0) is 10.0 Å². The molecule has 2 heterocycles. The molecule has 184 valence electrons. The van der Waals surface area contributed by atoms with Gasteiger partial charge in [0.05, 0.1) is 25.2 Å². The van der Waals surface area contributed by atoms with Gasteiger partial charge in [-0.3, -0.25) is 4.90 Å². The summed E-state index contributed by atoms with van der Waals surface area (Å²) in [4.78, 5) is 2.88. The van der Waals surface area contributed by atoms with Crippen LogP contribution in [0.4, 0.5) is 0 Å². The molecule has 0 N–H and O–H groups in total. The summed E-state index contributed by atoms with van der Waals surface area (Å²) in [7, 11) is -0.324. The number of fused-ring (bicyclic) bond motifs is 2. The standard InChI is InChI=1S/C28H32N2O4S/c1-33-25-13-15-27(16-14-25)35(31,32)29-18-17-23-11-12-24(20-29)30(23)28(21-7-4-3-5-8-21)22-9-6-10-26(19-22)34-2/h3-10,13-16,19,23-24,28H,11-12,17-18,20H2,1-2H3/t23-,24+,28+/m1/s1. The first-order chi connectivity index (χ1) is 17.0. The summed E-state index contributed by atoms with van der Waals surface area (Å²) in [6, 6.07) is 25.9. The molecule has 0 aromatic heterocycles. The highest BCUT2D eigenvalue weighted by Crippen LogP contribution is 2.42. The lowest BCUT2D eigenvalue weighted by Gasteiger charge is -2.37. The molecule has 2 saturated heterocycles. The van der Waals surface area contributed by atoms with Gasteiger partial charge in [-0.1, -0.05) is 42.5 Å². The molecule has 0 radical (unpaired) electrons. The highest BCUT2D eigenvalue weighted by molar-refractivity contribution is 7.89. The zero-order valence-electron chi connectivity index (χ0n) is 20.2. The van der Waals surface area contributed by atoms with Crippen LogP contribution >= 0.6 is 0 Å². The summed E-state index contributed by atoms with van der Waals surface area (Å²) in [6.07, 6.45) is 2.86. The first-order valence-electron chi connectivity index (χ1n) is 12.1. The Morgan fingerprint density at radius 2 is 1.46 bits per heavy atom. The lowest BCUT2D eigenvalue weighted by Crippen LogP contribution is -2.43. The Hall–Kier alpha value is -2.87. The van der Waals surface area contributed by atoms with Crippen molar-refractivity contribution < 1.29 is 17.9 Å². The number of methoxy groups -OCH3 is 2. The third-order valence-corrected chi connectivity index (χ3v) is 9.20. The van der Waals surface area contributed by atoms with Crippen molar-refractivity contribution in [2.24, 2.45) is 0 Å². The van der Waals surface area contributed by atoms with Crippen LogP contribution in [0.15, 0.2) is 83.8 Å². The van der Waals surface area contributed by atoms with E-state index in [1.807, 2.05) is 18.2 Å². The van der Waals surface area contributed by atoms with Crippen LogP contribution in [0.1, 0.15) is 36.4 Å². The zero-order valence-corrected chi connectivity index (χ0v) is 21.0. The Morgan fingerprint density at radius 3 is 2.17 bits per heavy atom. The lowest BCUT2D eigenvalue weighted by molar-refractivity contribution is 0.155. The molecule has 2 aliphatic rings. The third kappa shape index (κ3) is 4.68. The van der Waals surface area contributed by atoms with E-state index in [4.69, 9.17) is 9.47 Å². The average molecular weight is 493 g/mol. The van der Waals surface area contributed by atoms with Crippen LogP contribution in [0.5, 0.6) is 11.5 Å². The first-order valence-corrected chi connectivity index (χ1v) is 13.6. The maximum Gasteiger partial charge on any atom is 0.243 e. The van der Waals surface area contributed by atoms with Gasteiger partial charge in [0.2, 0.25) is 10.0 Å². The van der Waals surface area contributed by atoms with Crippen molar-refractivity contribution in [3.8, 4) is 11.5 Å². The van der Waals surface area contributed by atoms with E-state index in [1.54, 1.807) is 42.8 Å². The molecular weight excluding hydrogens is 460 g/mol. The van der Waals surface area contributed by atoms with Gasteiger partial charge in [-0.05, 0) is 66.8 Å². The number of hydrogen-bond acceptors (Lipinski definition) is 5. The van der Waals surface area contributed by atoms with Crippen molar-refractivity contribution in [2.75, 3.05) is 27.3 Å². The second-order valence-electron chi connectivity index (χ2n) is 9.25. The van der Waals surface area contributed by atoms with Gasteiger partial charge >= 0.3 is 0 Å². The van der Waals surface area contributed by atoms with E-state index in [1.165, 1.54) is 11.1 Å². The molecular formula is C28H32N2O4S. The molecule has 3 aromatic carbocycles. The summed E-state index contributed by atoms with van der Waals surface area (Å²) in [5.41, 5.74) is 2.38. The molecule has 2 aliphatic heterocycles. The van der Waals surface area contributed by atoms with E-state index in [0.717, 1.165) is 25.0 Å². The van der Waals surface area contributed by atoms with Crippen LogP contribution in [-0.4, -0.2) is 57.0 Å². The fraction of sp³-hybridized carbons (Fsp3) is 0.357. The van der Waals surface area contributed by atoms with Crippen molar-refractivity contribution in [3.63, 3.8) is 0 Å². The summed E-state index contributed by atoms with van der Waals surface area (Å²) in [6.45, 7) is 1.00. The third-order valence-electron chi connectivity index (χ3n) is 7.32. The lowest BCUT2D eigenvalue weighted by atomic mass is 9.95. The largest absolute Gasteiger partial charge is 0.497 e. The van der Waals surface area contributed by atoms with Crippen LogP contribution in [0.3, 0.4) is 0 Å². The maximum absolute atomic E-state index is 13.6. The predicted octanol–water partition coefficient (Wildman–Crippen LogP) is 4.72. The monoisotopic (exact) mass is 492 g/mol. The van der Waals surface area contributed by atoms with Gasteiger partial charge in [-0.15, -0.1) is 0 Å². The summed E-state index contributed by atoms with van der Waals surface area (Å²) in [5.74, 6) is 1.48. The molecule has 0 spiro atoms. The number of rotatable bonds is 7. The minimum atomic E-state index is -3.59. The smallest absolute Gasteiger partial charge is 0.243 e. The molecule has 2 bridgehead atoms. The van der Waals surface area contributed by atoms with Gasteiger partial charge in [0.25, 0.3) is 0 Å². The van der Waals surface area contributed by atoms with Crippen molar-refractivity contribution in [1.82, 2.24) is 9.21 Å². The van der Waals surface area contributed by atoms with E-state index >= 15 is 0 Å². The summed E-state index contributed by atoms with van der Waals surface area (Å²) in [5, 5.41) is 0. The van der Waals surface area contributed by atoms with Crippen molar-refractivity contribution >= 4 is 10.0 Å². The minimum absolute atomic E-state index is 0.0347. The highest BCUT2D eigenvalue weighted by atomic mass is 32.2. The normalized spacial score (nSPS) is 21.9. The molecule has 0 unspecified atom stereocenters. The molecule has 35 heavy (non-hydrogen) atoms. The number of ether oxygens (including phenoxy) is 2. The first kappa shape index (κ1) is 23.9. The minimum Gasteiger partial charge on any atom is -0.497 e. The molecule has 6 nitrogen and oxygen atoms in total. The Bertz CT molecular complexity index is 1250. The Balaban J connectivity index is 1.49. The molecule has 5 rings (SSSR count). The number of benzene rings is 3. The quantitative estimate of drug-likeness (QED) is 0.478. The summed E-state index contributed by atoms with van der Waals surface area (Å²) >= 11 is 0. The van der Waals surface area contributed by atoms with Gasteiger partial charge in [0, 0.05) is 25.2 Å². The highest BCUT2D eigenvalue weighted by Gasteiger charge is 2.44. The van der Waals surface area contributed by atoms with E-state index < -0.39 is 10.0 Å². The average Bonchev–Trinajstić information content (AvgIpc) is 3.17. The molecule has 3 atom stereocenters. The number of hydrogen-bond donors (Lipinski definition) is 0. The second kappa shape index (κ2) is 10.0. The topological polar surface area (TPSA) is 59.1 Å². The van der Waals surface area contributed by atoms with Gasteiger partial charge < -0.3 is 9.47 Å². The maximum atomic E-state index is 13.6. The number of sulfonamides is 1. The van der Waals surface area contributed by atoms with E-state index in [2.05, 4.69) is 41.3 Å². The molecule has 3 aromatic rings. The van der Waals surface area contributed by atoms with E-state index in [9.17, 15) is 8.42 Å². The van der Waals surface area contributed by atoms with Crippen LogP contribution in [0.2, 0.25) is 0 Å². The second-order valence-corrected chi connectivity index (χ2v) is 11.2. The van der Waals surface area contributed by atoms with Crippen LogP contribution in [0, 0.1) is 0 Å².